The Bertz CT molecular complexity index is 349. The highest BCUT2D eigenvalue weighted by molar-refractivity contribution is 7.12. The Morgan fingerprint density at radius 3 is 2.76 bits per heavy atom. The van der Waals surface area contributed by atoms with Gasteiger partial charge in [-0.25, -0.2) is 0 Å². The molecule has 0 saturated heterocycles. The molecule has 0 aromatic carbocycles. The fraction of sp³-hybridized carbons (Fsp3) is 0.500. The molecule has 0 aliphatic carbocycles. The topological polar surface area (TPSA) is 58.2 Å². The minimum atomic E-state index is -0.0500. The largest absolute Gasteiger partial charge is 0.356 e. The molecule has 0 radical (unpaired) electrons. The third-order valence-electron chi connectivity index (χ3n) is 2.30. The van der Waals surface area contributed by atoms with Crippen molar-refractivity contribution in [2.24, 2.45) is 0 Å². The predicted octanol–water partition coefficient (Wildman–Crippen LogP) is 1.44. The van der Waals surface area contributed by atoms with E-state index in [0.717, 1.165) is 17.8 Å². The Morgan fingerprint density at radius 1 is 1.29 bits per heavy atom. The fourth-order valence-electron chi connectivity index (χ4n) is 1.37. The number of ketones is 1. The first-order valence-electron chi connectivity index (χ1n) is 5.72. The van der Waals surface area contributed by atoms with Crippen molar-refractivity contribution < 1.29 is 9.59 Å². The van der Waals surface area contributed by atoms with E-state index in [9.17, 15) is 9.59 Å². The predicted molar refractivity (Wildman–Crippen MR) is 69.4 cm³/mol. The van der Waals surface area contributed by atoms with Crippen LogP contribution in [0.2, 0.25) is 0 Å². The zero-order valence-electron chi connectivity index (χ0n) is 9.99. The Morgan fingerprint density at radius 2 is 2.12 bits per heavy atom. The van der Waals surface area contributed by atoms with Gasteiger partial charge in [-0.1, -0.05) is 6.07 Å². The second kappa shape index (κ2) is 7.97. The molecule has 0 fully saturated rings. The van der Waals surface area contributed by atoms with E-state index in [0.29, 0.717) is 13.0 Å². The summed E-state index contributed by atoms with van der Waals surface area (Å²) in [5.41, 5.74) is 0. The van der Waals surface area contributed by atoms with Crippen LogP contribution in [-0.2, 0) is 4.79 Å². The van der Waals surface area contributed by atoms with Gasteiger partial charge in [-0.3, -0.25) is 9.59 Å². The van der Waals surface area contributed by atoms with Crippen molar-refractivity contribution >= 4 is 23.0 Å². The summed E-state index contributed by atoms with van der Waals surface area (Å²) >= 11 is 1.42. The lowest BCUT2D eigenvalue weighted by Gasteiger charge is -2.04. The molecule has 0 unspecified atom stereocenters. The number of thiophene rings is 1. The first-order chi connectivity index (χ1) is 8.24. The Kier molecular flexibility index (Phi) is 6.50. The maximum atomic E-state index is 11.6. The summed E-state index contributed by atoms with van der Waals surface area (Å²) in [4.78, 5) is 23.7. The summed E-state index contributed by atoms with van der Waals surface area (Å²) in [6, 6.07) is 3.63. The average molecular weight is 254 g/mol. The van der Waals surface area contributed by atoms with Crippen molar-refractivity contribution in [3.05, 3.63) is 22.4 Å². The molecule has 4 nitrogen and oxygen atoms in total. The number of carbonyl (C=O) groups excluding carboxylic acids is 2. The van der Waals surface area contributed by atoms with Crippen LogP contribution in [0.1, 0.15) is 28.9 Å². The molecule has 1 amide bonds. The van der Waals surface area contributed by atoms with Gasteiger partial charge in [0.25, 0.3) is 0 Å². The lowest BCUT2D eigenvalue weighted by molar-refractivity contribution is -0.121. The monoisotopic (exact) mass is 254 g/mol. The van der Waals surface area contributed by atoms with Gasteiger partial charge in [-0.2, -0.15) is 0 Å². The molecular weight excluding hydrogens is 236 g/mol. The lowest BCUT2D eigenvalue weighted by Crippen LogP contribution is -2.26. The van der Waals surface area contributed by atoms with Crippen LogP contribution in [-0.4, -0.2) is 31.8 Å². The Balaban J connectivity index is 2.13. The number of amides is 1. The van der Waals surface area contributed by atoms with Crippen LogP contribution in [0, 0.1) is 0 Å². The van der Waals surface area contributed by atoms with Crippen molar-refractivity contribution in [2.45, 2.75) is 19.3 Å². The third kappa shape index (κ3) is 5.60. The van der Waals surface area contributed by atoms with E-state index in [1.54, 1.807) is 6.07 Å². The zero-order chi connectivity index (χ0) is 12.5. The van der Waals surface area contributed by atoms with E-state index >= 15 is 0 Å². The SMILES string of the molecule is CNCCCNC(=O)CCC(=O)c1cccs1. The van der Waals surface area contributed by atoms with Gasteiger partial charge in [0.1, 0.15) is 0 Å². The standard InChI is InChI=1S/C12H18N2O2S/c1-13-7-3-8-14-12(16)6-5-10(15)11-4-2-9-17-11/h2,4,9,13H,3,5-8H2,1H3,(H,14,16). The summed E-state index contributed by atoms with van der Waals surface area (Å²) in [7, 11) is 1.88. The van der Waals surface area contributed by atoms with Gasteiger partial charge in [0, 0.05) is 19.4 Å². The molecule has 1 heterocycles. The Hall–Kier alpha value is -1.20. The van der Waals surface area contributed by atoms with E-state index in [2.05, 4.69) is 10.6 Å². The maximum Gasteiger partial charge on any atom is 0.220 e. The molecule has 17 heavy (non-hydrogen) atoms. The minimum absolute atomic E-state index is 0.0466. The van der Waals surface area contributed by atoms with Crippen molar-refractivity contribution in [3.8, 4) is 0 Å². The minimum Gasteiger partial charge on any atom is -0.356 e. The third-order valence-corrected chi connectivity index (χ3v) is 3.21. The average Bonchev–Trinajstić information content (AvgIpc) is 2.85. The number of hydrogen-bond acceptors (Lipinski definition) is 4. The summed E-state index contributed by atoms with van der Waals surface area (Å²) in [6.07, 6.45) is 1.47. The quantitative estimate of drug-likeness (QED) is 0.545. The summed E-state index contributed by atoms with van der Waals surface area (Å²) in [5.74, 6) is -0.00335. The van der Waals surface area contributed by atoms with Gasteiger partial charge in [-0.05, 0) is 31.5 Å². The number of nitrogens with one attached hydrogen (secondary N) is 2. The number of carbonyl (C=O) groups is 2. The number of rotatable bonds is 8. The highest BCUT2D eigenvalue weighted by Crippen LogP contribution is 2.12. The van der Waals surface area contributed by atoms with Gasteiger partial charge in [-0.15, -0.1) is 11.3 Å². The van der Waals surface area contributed by atoms with E-state index < -0.39 is 0 Å². The molecule has 0 aliphatic rings. The van der Waals surface area contributed by atoms with Crippen LogP contribution in [0.4, 0.5) is 0 Å². The first-order valence-corrected chi connectivity index (χ1v) is 6.60. The Labute approximate surface area is 105 Å². The molecule has 1 aromatic rings. The highest BCUT2D eigenvalue weighted by atomic mass is 32.1. The summed E-state index contributed by atoms with van der Waals surface area (Å²) in [6.45, 7) is 1.54. The van der Waals surface area contributed by atoms with Crippen LogP contribution < -0.4 is 10.6 Å². The van der Waals surface area contributed by atoms with E-state index in [4.69, 9.17) is 0 Å². The second-order valence-electron chi connectivity index (χ2n) is 3.71. The molecular formula is C12H18N2O2S. The van der Waals surface area contributed by atoms with Gasteiger partial charge >= 0.3 is 0 Å². The van der Waals surface area contributed by atoms with Gasteiger partial charge < -0.3 is 10.6 Å². The normalized spacial score (nSPS) is 10.2. The van der Waals surface area contributed by atoms with Crippen molar-refractivity contribution in [1.29, 1.82) is 0 Å². The fourth-order valence-corrected chi connectivity index (χ4v) is 2.06. The lowest BCUT2D eigenvalue weighted by atomic mass is 10.2. The molecule has 94 valence electrons. The van der Waals surface area contributed by atoms with Crippen LogP contribution in [0.25, 0.3) is 0 Å². The molecule has 1 rings (SSSR count). The highest BCUT2D eigenvalue weighted by Gasteiger charge is 2.09. The van der Waals surface area contributed by atoms with Crippen molar-refractivity contribution in [3.63, 3.8) is 0 Å². The van der Waals surface area contributed by atoms with E-state index in [-0.39, 0.29) is 18.1 Å². The molecule has 2 N–H and O–H groups in total. The van der Waals surface area contributed by atoms with Gasteiger partial charge in [0.05, 0.1) is 4.88 Å². The zero-order valence-corrected chi connectivity index (χ0v) is 10.8. The van der Waals surface area contributed by atoms with Crippen LogP contribution in [0.3, 0.4) is 0 Å². The van der Waals surface area contributed by atoms with E-state index in [1.165, 1.54) is 11.3 Å². The van der Waals surface area contributed by atoms with Crippen LogP contribution in [0.5, 0.6) is 0 Å². The van der Waals surface area contributed by atoms with Crippen LogP contribution >= 0.6 is 11.3 Å². The molecule has 0 aliphatic heterocycles. The van der Waals surface area contributed by atoms with Gasteiger partial charge in [0.2, 0.25) is 5.91 Å². The maximum absolute atomic E-state index is 11.6. The smallest absolute Gasteiger partial charge is 0.220 e. The van der Waals surface area contributed by atoms with Crippen LogP contribution in [0.15, 0.2) is 17.5 Å². The molecule has 0 atom stereocenters. The second-order valence-corrected chi connectivity index (χ2v) is 4.66. The molecule has 0 saturated carbocycles. The summed E-state index contributed by atoms with van der Waals surface area (Å²) in [5, 5.41) is 7.66. The molecule has 0 bridgehead atoms. The number of Topliss-reactive ketones (excluding diaryl/α,β-unsaturated/α-hetero) is 1. The first kappa shape index (κ1) is 13.9. The van der Waals surface area contributed by atoms with Crippen molar-refractivity contribution in [1.82, 2.24) is 10.6 Å². The molecule has 0 spiro atoms. The van der Waals surface area contributed by atoms with Crippen molar-refractivity contribution in [2.75, 3.05) is 20.1 Å². The van der Waals surface area contributed by atoms with Gasteiger partial charge in [0.15, 0.2) is 5.78 Å². The molecule has 5 heteroatoms. The molecule has 1 aromatic heterocycles. The number of hydrogen-bond donors (Lipinski definition) is 2. The van der Waals surface area contributed by atoms with E-state index in [1.807, 2.05) is 18.5 Å². The summed E-state index contributed by atoms with van der Waals surface area (Å²) < 4.78 is 0.